The lowest BCUT2D eigenvalue weighted by Crippen LogP contribution is -2.26. The third-order valence-corrected chi connectivity index (χ3v) is 4.86. The summed E-state index contributed by atoms with van der Waals surface area (Å²) in [6.07, 6.45) is 12.1. The van der Waals surface area contributed by atoms with Gasteiger partial charge in [0.1, 0.15) is 0 Å². The largest absolute Gasteiger partial charge is 0.330 e. The number of hydrogen-bond acceptors (Lipinski definition) is 5. The molecule has 3 heterocycles. The molecule has 1 aliphatic heterocycles. The van der Waals surface area contributed by atoms with E-state index in [0.717, 1.165) is 55.7 Å². The van der Waals surface area contributed by atoms with E-state index < -0.39 is 0 Å². The minimum atomic E-state index is 0.266. The van der Waals surface area contributed by atoms with E-state index in [0.29, 0.717) is 12.5 Å². The summed E-state index contributed by atoms with van der Waals surface area (Å²) >= 11 is 0. The zero-order valence-corrected chi connectivity index (χ0v) is 15.0. The van der Waals surface area contributed by atoms with Gasteiger partial charge in [-0.1, -0.05) is 19.4 Å². The van der Waals surface area contributed by atoms with Gasteiger partial charge < -0.3 is 5.73 Å². The van der Waals surface area contributed by atoms with E-state index in [1.807, 2.05) is 35.3 Å². The van der Waals surface area contributed by atoms with Crippen LogP contribution in [0.1, 0.15) is 55.7 Å². The van der Waals surface area contributed by atoms with Crippen LogP contribution in [0.4, 0.5) is 0 Å². The highest BCUT2D eigenvalue weighted by Gasteiger charge is 2.21. The van der Waals surface area contributed by atoms with Gasteiger partial charge in [-0.25, -0.2) is 9.50 Å². The van der Waals surface area contributed by atoms with E-state index in [1.165, 1.54) is 0 Å². The highest BCUT2D eigenvalue weighted by molar-refractivity contribution is 5.72. The van der Waals surface area contributed by atoms with E-state index in [4.69, 9.17) is 10.7 Å². The quantitative estimate of drug-likeness (QED) is 0.750. The predicted molar refractivity (Wildman–Crippen MR) is 102 cm³/mol. The summed E-state index contributed by atoms with van der Waals surface area (Å²) in [5.41, 5.74) is 9.11. The second kappa shape index (κ2) is 8.25. The molecule has 2 aromatic heterocycles. The zero-order valence-electron chi connectivity index (χ0n) is 15.0. The highest BCUT2D eigenvalue weighted by Crippen LogP contribution is 2.26. The second-order valence-electron chi connectivity index (χ2n) is 6.63. The van der Waals surface area contributed by atoms with Gasteiger partial charge in [-0.15, -0.1) is 6.58 Å². The molecule has 0 fully saturated rings. The minimum Gasteiger partial charge on any atom is -0.330 e. The number of rotatable bonds is 8. The SMILES string of the molecule is C=CCCN1CCC(c2cnn3ccc(C(CN)CCC)nc23)C=N1. The van der Waals surface area contributed by atoms with Crippen LogP contribution in [0.25, 0.3) is 5.65 Å². The number of nitrogens with two attached hydrogens (primary N) is 1. The lowest BCUT2D eigenvalue weighted by Gasteiger charge is -2.25. The van der Waals surface area contributed by atoms with Crippen molar-refractivity contribution in [1.29, 1.82) is 0 Å². The van der Waals surface area contributed by atoms with Crippen LogP contribution < -0.4 is 5.73 Å². The van der Waals surface area contributed by atoms with Crippen molar-refractivity contribution in [3.63, 3.8) is 0 Å². The van der Waals surface area contributed by atoms with Crippen LogP contribution in [-0.4, -0.2) is 45.5 Å². The normalized spacial score (nSPS) is 18.6. The Morgan fingerprint density at radius 1 is 1.48 bits per heavy atom. The van der Waals surface area contributed by atoms with Crippen LogP contribution in [0.5, 0.6) is 0 Å². The van der Waals surface area contributed by atoms with Crippen LogP contribution in [0.2, 0.25) is 0 Å². The molecule has 0 saturated carbocycles. The third-order valence-electron chi connectivity index (χ3n) is 4.86. The van der Waals surface area contributed by atoms with Crippen molar-refractivity contribution in [2.24, 2.45) is 10.8 Å². The van der Waals surface area contributed by atoms with E-state index >= 15 is 0 Å². The minimum absolute atomic E-state index is 0.266. The molecule has 0 saturated heterocycles. The van der Waals surface area contributed by atoms with Crippen molar-refractivity contribution in [2.45, 2.75) is 44.4 Å². The number of fused-ring (bicyclic) bond motifs is 1. The van der Waals surface area contributed by atoms with Gasteiger partial charge in [-0.05, 0) is 25.3 Å². The van der Waals surface area contributed by atoms with E-state index in [9.17, 15) is 0 Å². The van der Waals surface area contributed by atoms with Gasteiger partial charge in [0.2, 0.25) is 0 Å². The van der Waals surface area contributed by atoms with Gasteiger partial charge in [0.25, 0.3) is 0 Å². The maximum absolute atomic E-state index is 5.95. The van der Waals surface area contributed by atoms with Crippen LogP contribution in [0.15, 0.2) is 36.2 Å². The average Bonchev–Trinajstić information content (AvgIpc) is 3.08. The smallest absolute Gasteiger partial charge is 0.159 e. The summed E-state index contributed by atoms with van der Waals surface area (Å²) in [4.78, 5) is 4.90. The standard InChI is InChI=1S/C19H28N6/c1-3-5-9-24-10-7-16(13-21-24)17-14-22-25-11-8-18(23-19(17)25)15(12-20)6-4-2/h3,8,11,13-16H,1,4-7,9-10,12,20H2,2H3. The molecule has 134 valence electrons. The second-order valence-corrected chi connectivity index (χ2v) is 6.63. The summed E-state index contributed by atoms with van der Waals surface area (Å²) in [5, 5.41) is 11.2. The van der Waals surface area contributed by atoms with Crippen LogP contribution in [0.3, 0.4) is 0 Å². The van der Waals surface area contributed by atoms with Crippen molar-refractivity contribution < 1.29 is 0 Å². The fraction of sp³-hybridized carbons (Fsp3) is 0.526. The highest BCUT2D eigenvalue weighted by atomic mass is 15.4. The fourth-order valence-electron chi connectivity index (χ4n) is 3.37. The molecule has 2 unspecified atom stereocenters. The molecule has 0 amide bonds. The molecule has 2 atom stereocenters. The van der Waals surface area contributed by atoms with Gasteiger partial charge in [0, 0.05) is 55.1 Å². The number of hydrogen-bond donors (Lipinski definition) is 1. The lowest BCUT2D eigenvalue weighted by atomic mass is 9.97. The summed E-state index contributed by atoms with van der Waals surface area (Å²) in [6.45, 7) is 8.46. The molecule has 0 spiro atoms. The Kier molecular flexibility index (Phi) is 5.81. The van der Waals surface area contributed by atoms with Gasteiger partial charge >= 0.3 is 0 Å². The van der Waals surface area contributed by atoms with Crippen LogP contribution >= 0.6 is 0 Å². The molecular formula is C19H28N6. The Balaban J connectivity index is 1.83. The van der Waals surface area contributed by atoms with Gasteiger partial charge in [0.15, 0.2) is 5.65 Å². The van der Waals surface area contributed by atoms with Crippen molar-refractivity contribution in [3.8, 4) is 0 Å². The van der Waals surface area contributed by atoms with Crippen molar-refractivity contribution in [3.05, 3.63) is 42.4 Å². The third kappa shape index (κ3) is 3.90. The summed E-state index contributed by atoms with van der Waals surface area (Å²) < 4.78 is 1.86. The number of aromatic nitrogens is 3. The van der Waals surface area contributed by atoms with Crippen molar-refractivity contribution >= 4 is 11.9 Å². The van der Waals surface area contributed by atoms with Crippen molar-refractivity contribution in [1.82, 2.24) is 19.6 Å². The van der Waals surface area contributed by atoms with E-state index in [-0.39, 0.29) is 5.92 Å². The summed E-state index contributed by atoms with van der Waals surface area (Å²) in [7, 11) is 0. The molecule has 25 heavy (non-hydrogen) atoms. The molecule has 0 radical (unpaired) electrons. The van der Waals surface area contributed by atoms with Gasteiger partial charge in [0.05, 0.1) is 6.20 Å². The van der Waals surface area contributed by atoms with E-state index in [2.05, 4.69) is 28.7 Å². The predicted octanol–water partition coefficient (Wildman–Crippen LogP) is 2.92. The monoisotopic (exact) mass is 340 g/mol. The first kappa shape index (κ1) is 17.6. The number of nitrogens with zero attached hydrogens (tertiary/aromatic N) is 5. The topological polar surface area (TPSA) is 71.8 Å². The van der Waals surface area contributed by atoms with Crippen LogP contribution in [-0.2, 0) is 0 Å². The van der Waals surface area contributed by atoms with Gasteiger partial charge in [-0.2, -0.15) is 10.2 Å². The zero-order chi connectivity index (χ0) is 17.6. The molecular weight excluding hydrogens is 312 g/mol. The average molecular weight is 340 g/mol. The molecule has 6 nitrogen and oxygen atoms in total. The fourth-order valence-corrected chi connectivity index (χ4v) is 3.37. The Labute approximate surface area is 149 Å². The number of hydrazone groups is 1. The molecule has 0 bridgehead atoms. The maximum atomic E-state index is 5.95. The Hall–Kier alpha value is -2.21. The van der Waals surface area contributed by atoms with Gasteiger partial charge in [-0.3, -0.25) is 5.01 Å². The molecule has 6 heteroatoms. The Morgan fingerprint density at radius 3 is 3.04 bits per heavy atom. The molecule has 0 aliphatic carbocycles. The van der Waals surface area contributed by atoms with Crippen molar-refractivity contribution in [2.75, 3.05) is 19.6 Å². The first-order valence-electron chi connectivity index (χ1n) is 9.21. The molecule has 2 aromatic rings. The van der Waals surface area contributed by atoms with E-state index in [1.54, 1.807) is 0 Å². The Bertz CT molecular complexity index is 735. The Morgan fingerprint density at radius 2 is 2.36 bits per heavy atom. The molecule has 3 rings (SSSR count). The van der Waals surface area contributed by atoms with Crippen LogP contribution in [0, 0.1) is 0 Å². The summed E-state index contributed by atoms with van der Waals surface area (Å²) in [6, 6.07) is 2.04. The summed E-state index contributed by atoms with van der Waals surface area (Å²) in [5.74, 6) is 0.579. The first-order chi connectivity index (χ1) is 12.3. The molecule has 2 N–H and O–H groups in total. The molecule has 0 aromatic carbocycles. The lowest BCUT2D eigenvalue weighted by molar-refractivity contribution is 0.275. The maximum Gasteiger partial charge on any atom is 0.159 e. The first-order valence-corrected chi connectivity index (χ1v) is 9.21. The molecule has 1 aliphatic rings.